The minimum Gasteiger partial charge on any atom is -0.396 e. The molecule has 1 aromatic rings. The third-order valence-corrected chi connectivity index (χ3v) is 3.81. The molecule has 0 spiro atoms. The van der Waals surface area contributed by atoms with Gasteiger partial charge >= 0.3 is 6.03 Å². The summed E-state index contributed by atoms with van der Waals surface area (Å²) < 4.78 is 0. The van der Waals surface area contributed by atoms with Crippen LogP contribution in [0.25, 0.3) is 0 Å². The highest BCUT2D eigenvalue weighted by Gasteiger charge is 2.42. The molecule has 1 heterocycles. The molecule has 1 aromatic heterocycles. The summed E-state index contributed by atoms with van der Waals surface area (Å²) in [6.07, 6.45) is 2.00. The average Bonchev–Trinajstić information content (AvgIpc) is 2.95. The van der Waals surface area contributed by atoms with E-state index >= 15 is 0 Å². The van der Waals surface area contributed by atoms with Crippen LogP contribution in [-0.2, 0) is 0 Å². The fourth-order valence-electron chi connectivity index (χ4n) is 1.49. The Labute approximate surface area is 98.7 Å². The van der Waals surface area contributed by atoms with Crippen molar-refractivity contribution in [2.24, 2.45) is 5.41 Å². The zero-order valence-corrected chi connectivity index (χ0v) is 10.1. The van der Waals surface area contributed by atoms with Crippen molar-refractivity contribution in [3.63, 3.8) is 0 Å². The number of amides is 2. The van der Waals surface area contributed by atoms with Crippen LogP contribution in [0, 0.1) is 12.3 Å². The normalized spacial score (nSPS) is 16.9. The van der Waals surface area contributed by atoms with Crippen molar-refractivity contribution < 1.29 is 9.90 Å². The molecule has 0 aromatic carbocycles. The van der Waals surface area contributed by atoms with Crippen LogP contribution in [0.4, 0.5) is 9.80 Å². The highest BCUT2D eigenvalue weighted by atomic mass is 32.1. The number of aliphatic hydroxyl groups is 1. The van der Waals surface area contributed by atoms with E-state index in [1.54, 1.807) is 11.3 Å². The van der Waals surface area contributed by atoms with Crippen LogP contribution in [0.5, 0.6) is 0 Å². The van der Waals surface area contributed by atoms with Gasteiger partial charge in [0, 0.05) is 16.8 Å². The average molecular weight is 240 g/mol. The van der Waals surface area contributed by atoms with Gasteiger partial charge in [-0.25, -0.2) is 4.79 Å². The number of nitrogens with one attached hydrogen (secondary N) is 2. The Hall–Kier alpha value is -1.07. The third-order valence-electron chi connectivity index (χ3n) is 2.89. The number of carbonyl (C=O) groups is 1. The standard InChI is InChI=1S/C11H16N2O2S/c1-8-2-3-9(16-8)13-10(15)12-6-11(7-14)4-5-11/h2-3,14H,4-7H2,1H3,(H2,12,13,15). The molecule has 5 heteroatoms. The van der Waals surface area contributed by atoms with Crippen molar-refractivity contribution in [1.29, 1.82) is 0 Å². The van der Waals surface area contributed by atoms with Crippen molar-refractivity contribution in [3.05, 3.63) is 17.0 Å². The Morgan fingerprint density at radius 1 is 1.56 bits per heavy atom. The van der Waals surface area contributed by atoms with E-state index in [2.05, 4.69) is 10.6 Å². The van der Waals surface area contributed by atoms with E-state index < -0.39 is 0 Å². The molecule has 88 valence electrons. The van der Waals surface area contributed by atoms with Gasteiger partial charge in [0.1, 0.15) is 0 Å². The first-order valence-electron chi connectivity index (χ1n) is 5.36. The van der Waals surface area contributed by atoms with E-state index in [0.717, 1.165) is 17.8 Å². The van der Waals surface area contributed by atoms with Crippen molar-refractivity contribution in [1.82, 2.24) is 5.32 Å². The molecule has 1 saturated carbocycles. The maximum absolute atomic E-state index is 11.5. The molecule has 1 fully saturated rings. The summed E-state index contributed by atoms with van der Waals surface area (Å²) in [6.45, 7) is 2.71. The van der Waals surface area contributed by atoms with Crippen LogP contribution < -0.4 is 10.6 Å². The Bertz CT molecular complexity index is 385. The minimum atomic E-state index is -0.193. The molecule has 0 bridgehead atoms. The lowest BCUT2D eigenvalue weighted by atomic mass is 10.1. The van der Waals surface area contributed by atoms with Crippen molar-refractivity contribution in [2.45, 2.75) is 19.8 Å². The molecular formula is C11H16N2O2S. The van der Waals surface area contributed by atoms with E-state index in [1.165, 1.54) is 4.88 Å². The lowest BCUT2D eigenvalue weighted by Crippen LogP contribution is -2.34. The first-order chi connectivity index (χ1) is 7.63. The van der Waals surface area contributed by atoms with Crippen LogP contribution >= 0.6 is 11.3 Å². The quantitative estimate of drug-likeness (QED) is 0.753. The molecule has 1 aliphatic carbocycles. The Kier molecular flexibility index (Phi) is 3.16. The summed E-state index contributed by atoms with van der Waals surface area (Å²) in [5.41, 5.74) is -0.0390. The summed E-state index contributed by atoms with van der Waals surface area (Å²) in [6, 6.07) is 3.66. The summed E-state index contributed by atoms with van der Waals surface area (Å²) >= 11 is 1.55. The van der Waals surface area contributed by atoms with E-state index in [9.17, 15) is 4.79 Å². The summed E-state index contributed by atoms with van der Waals surface area (Å²) in [5, 5.41) is 15.5. The highest BCUT2D eigenvalue weighted by Crippen LogP contribution is 2.44. The minimum absolute atomic E-state index is 0.0390. The van der Waals surface area contributed by atoms with Gasteiger partial charge in [-0.15, -0.1) is 11.3 Å². The summed E-state index contributed by atoms with van der Waals surface area (Å²) in [7, 11) is 0. The predicted octanol–water partition coefficient (Wildman–Crippen LogP) is 1.95. The number of rotatable bonds is 4. The Balaban J connectivity index is 1.76. The van der Waals surface area contributed by atoms with E-state index in [4.69, 9.17) is 5.11 Å². The van der Waals surface area contributed by atoms with Crippen molar-refractivity contribution in [2.75, 3.05) is 18.5 Å². The lowest BCUT2D eigenvalue weighted by molar-refractivity contribution is 0.206. The number of hydrogen-bond donors (Lipinski definition) is 3. The van der Waals surface area contributed by atoms with Gasteiger partial charge in [0.15, 0.2) is 0 Å². The van der Waals surface area contributed by atoms with Gasteiger partial charge in [0.25, 0.3) is 0 Å². The van der Waals surface area contributed by atoms with Gasteiger partial charge in [-0.3, -0.25) is 5.32 Å². The first kappa shape index (κ1) is 11.4. The molecular weight excluding hydrogens is 224 g/mol. The second-order valence-corrected chi connectivity index (χ2v) is 5.66. The number of anilines is 1. The molecule has 0 saturated heterocycles. The Morgan fingerprint density at radius 3 is 2.81 bits per heavy atom. The molecule has 0 aliphatic heterocycles. The van der Waals surface area contributed by atoms with Crippen molar-refractivity contribution >= 4 is 22.4 Å². The van der Waals surface area contributed by atoms with Crippen LogP contribution in [0.1, 0.15) is 17.7 Å². The second kappa shape index (κ2) is 4.43. The maximum atomic E-state index is 11.5. The molecule has 0 unspecified atom stereocenters. The van der Waals surface area contributed by atoms with Crippen LogP contribution in [0.15, 0.2) is 12.1 Å². The monoisotopic (exact) mass is 240 g/mol. The zero-order chi connectivity index (χ0) is 11.6. The first-order valence-corrected chi connectivity index (χ1v) is 6.17. The van der Waals surface area contributed by atoms with Gasteiger partial charge in [-0.05, 0) is 31.9 Å². The number of urea groups is 1. The van der Waals surface area contributed by atoms with E-state index in [1.807, 2.05) is 19.1 Å². The fourth-order valence-corrected chi connectivity index (χ4v) is 2.26. The molecule has 16 heavy (non-hydrogen) atoms. The molecule has 3 N–H and O–H groups in total. The van der Waals surface area contributed by atoms with E-state index in [-0.39, 0.29) is 18.1 Å². The number of aryl methyl sites for hydroxylation is 1. The fraction of sp³-hybridized carbons (Fsp3) is 0.545. The zero-order valence-electron chi connectivity index (χ0n) is 9.25. The number of carbonyl (C=O) groups excluding carboxylic acids is 1. The van der Waals surface area contributed by atoms with Gasteiger partial charge in [0.2, 0.25) is 0 Å². The maximum Gasteiger partial charge on any atom is 0.319 e. The third kappa shape index (κ3) is 2.74. The van der Waals surface area contributed by atoms with Crippen LogP contribution in [0.2, 0.25) is 0 Å². The SMILES string of the molecule is Cc1ccc(NC(=O)NCC2(CO)CC2)s1. The molecule has 4 nitrogen and oxygen atoms in total. The lowest BCUT2D eigenvalue weighted by Gasteiger charge is -2.12. The molecule has 2 amide bonds. The van der Waals surface area contributed by atoms with E-state index in [0.29, 0.717) is 6.54 Å². The van der Waals surface area contributed by atoms with Crippen LogP contribution in [-0.4, -0.2) is 24.3 Å². The molecule has 0 atom stereocenters. The van der Waals surface area contributed by atoms with Gasteiger partial charge in [0.05, 0.1) is 11.6 Å². The predicted molar refractivity (Wildman–Crippen MR) is 64.8 cm³/mol. The topological polar surface area (TPSA) is 61.4 Å². The van der Waals surface area contributed by atoms with Gasteiger partial charge in [-0.1, -0.05) is 0 Å². The molecule has 0 radical (unpaired) electrons. The number of hydrogen-bond acceptors (Lipinski definition) is 3. The largest absolute Gasteiger partial charge is 0.396 e. The van der Waals surface area contributed by atoms with Crippen molar-refractivity contribution in [3.8, 4) is 0 Å². The summed E-state index contributed by atoms with van der Waals surface area (Å²) in [4.78, 5) is 12.7. The number of thiophene rings is 1. The number of aliphatic hydroxyl groups excluding tert-OH is 1. The molecule has 2 rings (SSSR count). The Morgan fingerprint density at radius 2 is 2.31 bits per heavy atom. The smallest absolute Gasteiger partial charge is 0.319 e. The second-order valence-electron chi connectivity index (χ2n) is 4.38. The van der Waals surface area contributed by atoms with Gasteiger partial charge < -0.3 is 10.4 Å². The summed E-state index contributed by atoms with van der Waals surface area (Å²) in [5.74, 6) is 0. The molecule has 1 aliphatic rings. The highest BCUT2D eigenvalue weighted by molar-refractivity contribution is 7.16. The van der Waals surface area contributed by atoms with Crippen LogP contribution in [0.3, 0.4) is 0 Å². The van der Waals surface area contributed by atoms with Gasteiger partial charge in [-0.2, -0.15) is 0 Å².